The second-order valence-corrected chi connectivity index (χ2v) is 10.3. The van der Waals surface area contributed by atoms with Gasteiger partial charge in [0.25, 0.3) is 5.78 Å². The van der Waals surface area contributed by atoms with Gasteiger partial charge in [-0.05, 0) is 55.3 Å². The van der Waals surface area contributed by atoms with Crippen molar-refractivity contribution in [3.8, 4) is 17.2 Å². The van der Waals surface area contributed by atoms with Crippen molar-refractivity contribution in [2.75, 3.05) is 18.6 Å². The van der Waals surface area contributed by atoms with Gasteiger partial charge in [0.1, 0.15) is 29.1 Å². The highest BCUT2D eigenvalue weighted by Gasteiger charge is 2.48. The number of benzene rings is 2. The largest absolute Gasteiger partial charge is 0.507 e. The van der Waals surface area contributed by atoms with E-state index in [0.717, 1.165) is 21.8 Å². The van der Waals surface area contributed by atoms with E-state index in [2.05, 4.69) is 11.6 Å². The second-order valence-electron chi connectivity index (χ2n) is 9.35. The molecule has 11 heteroatoms. The van der Waals surface area contributed by atoms with E-state index in [4.69, 9.17) is 14.2 Å². The number of ketones is 1. The minimum absolute atomic E-state index is 0.00603. The molecule has 206 valence electrons. The number of Topliss-reactive ketones (excluding diaryl/α,β-unsaturated/α-hetero) is 1. The van der Waals surface area contributed by atoms with Gasteiger partial charge in [-0.2, -0.15) is 0 Å². The number of rotatable bonds is 7. The molecule has 2 atom stereocenters. The lowest BCUT2D eigenvalue weighted by Crippen LogP contribution is -2.29. The molecule has 3 aromatic rings. The molecule has 2 aromatic carbocycles. The van der Waals surface area contributed by atoms with Crippen LogP contribution in [0.4, 0.5) is 5.13 Å². The molecule has 0 spiro atoms. The Morgan fingerprint density at radius 1 is 1.27 bits per heavy atom. The summed E-state index contributed by atoms with van der Waals surface area (Å²) in [6, 6.07) is 8.30. The fourth-order valence-electron chi connectivity index (χ4n) is 4.81. The topological polar surface area (TPSA) is 135 Å². The number of anilines is 1. The fraction of sp³-hybridized carbons (Fsp3) is 0.241. The predicted octanol–water partition coefficient (Wildman–Crippen LogP) is 4.46. The first-order chi connectivity index (χ1) is 19.1. The van der Waals surface area contributed by atoms with E-state index in [1.54, 1.807) is 25.1 Å². The van der Waals surface area contributed by atoms with Gasteiger partial charge < -0.3 is 24.4 Å². The molecule has 2 unspecified atom stereocenters. The van der Waals surface area contributed by atoms with Crippen molar-refractivity contribution in [3.63, 3.8) is 0 Å². The molecule has 0 saturated carbocycles. The first-order valence-corrected chi connectivity index (χ1v) is 13.2. The Labute approximate surface area is 233 Å². The van der Waals surface area contributed by atoms with Crippen LogP contribution in [-0.4, -0.2) is 52.7 Å². The Kier molecular flexibility index (Phi) is 7.07. The van der Waals surface area contributed by atoms with E-state index in [1.807, 2.05) is 6.92 Å². The van der Waals surface area contributed by atoms with Crippen LogP contribution in [0.1, 0.15) is 45.0 Å². The van der Waals surface area contributed by atoms with Gasteiger partial charge >= 0.3 is 11.9 Å². The Balaban J connectivity index is 1.67. The van der Waals surface area contributed by atoms with Gasteiger partial charge in [0.2, 0.25) is 0 Å². The lowest BCUT2D eigenvalue weighted by molar-refractivity contribution is -0.132. The zero-order chi connectivity index (χ0) is 28.7. The quantitative estimate of drug-likeness (QED) is 0.141. The lowest BCUT2D eigenvalue weighted by Gasteiger charge is -2.23. The Morgan fingerprint density at radius 3 is 2.77 bits per heavy atom. The highest BCUT2D eigenvalue weighted by molar-refractivity contribution is 7.17. The van der Waals surface area contributed by atoms with Crippen LogP contribution in [0.25, 0.3) is 5.76 Å². The molecule has 0 radical (unpaired) electrons. The average Bonchev–Trinajstić information content (AvgIpc) is 3.58. The maximum atomic E-state index is 13.5. The van der Waals surface area contributed by atoms with Gasteiger partial charge in [-0.15, -0.1) is 0 Å². The third-order valence-corrected chi connectivity index (χ3v) is 7.78. The van der Waals surface area contributed by atoms with Crippen LogP contribution in [0.15, 0.2) is 54.6 Å². The summed E-state index contributed by atoms with van der Waals surface area (Å²) in [5, 5.41) is 21.7. The minimum atomic E-state index is -1.14. The highest BCUT2D eigenvalue weighted by Crippen LogP contribution is 2.46. The number of carbonyl (C=O) groups is 3. The van der Waals surface area contributed by atoms with Crippen LogP contribution >= 0.6 is 11.3 Å². The number of aliphatic hydroxyl groups is 1. The molecule has 1 saturated heterocycles. The number of hydrogen-bond acceptors (Lipinski definition) is 10. The van der Waals surface area contributed by atoms with Gasteiger partial charge in [-0.25, -0.2) is 9.78 Å². The number of phenols is 1. The number of phenolic OH excluding ortho intramolecular Hbond substituents is 1. The van der Waals surface area contributed by atoms with Crippen molar-refractivity contribution in [1.29, 1.82) is 0 Å². The van der Waals surface area contributed by atoms with Crippen molar-refractivity contribution in [2.24, 2.45) is 0 Å². The summed E-state index contributed by atoms with van der Waals surface area (Å²) in [5.41, 5.74) is 1.72. The molecule has 1 fully saturated rings. The zero-order valence-corrected chi connectivity index (χ0v) is 22.8. The maximum absolute atomic E-state index is 13.5. The maximum Gasteiger partial charge on any atom is 0.350 e. The number of methoxy groups -OCH3 is 1. The Hall–Kier alpha value is -4.64. The smallest absolute Gasteiger partial charge is 0.350 e. The molecule has 1 aromatic heterocycles. The molecule has 1 amide bonds. The summed E-state index contributed by atoms with van der Waals surface area (Å²) in [5.74, 6) is -2.23. The van der Waals surface area contributed by atoms with Gasteiger partial charge in [-0.3, -0.25) is 14.5 Å². The fourth-order valence-corrected chi connectivity index (χ4v) is 5.80. The first kappa shape index (κ1) is 26.9. The number of hydrogen-bond donors (Lipinski definition) is 2. The first-order valence-electron chi connectivity index (χ1n) is 12.4. The van der Waals surface area contributed by atoms with E-state index in [0.29, 0.717) is 29.0 Å². The summed E-state index contributed by atoms with van der Waals surface area (Å²) in [4.78, 5) is 45.3. The summed E-state index contributed by atoms with van der Waals surface area (Å²) < 4.78 is 16.1. The van der Waals surface area contributed by atoms with E-state index >= 15 is 0 Å². The molecule has 5 rings (SSSR count). The van der Waals surface area contributed by atoms with Gasteiger partial charge in [-0.1, -0.05) is 30.1 Å². The second kappa shape index (κ2) is 10.5. The number of nitrogens with zero attached hydrogens (tertiary/aromatic N) is 2. The Bertz CT molecular complexity index is 1590. The van der Waals surface area contributed by atoms with Gasteiger partial charge in [0.05, 0.1) is 24.4 Å². The number of carbonyl (C=O) groups excluding carboxylic acids is 3. The normalized spacial score (nSPS) is 19.3. The number of aromatic hydroxyl groups is 1. The van der Waals surface area contributed by atoms with Crippen molar-refractivity contribution in [2.45, 2.75) is 32.4 Å². The number of esters is 1. The number of aliphatic hydroxyl groups excluding tert-OH is 1. The number of aryl methyl sites for hydroxylation is 1. The van der Waals surface area contributed by atoms with E-state index in [-0.39, 0.29) is 45.6 Å². The molecule has 3 heterocycles. The molecule has 40 heavy (non-hydrogen) atoms. The molecule has 2 aliphatic rings. The Morgan fingerprint density at radius 2 is 2.05 bits per heavy atom. The van der Waals surface area contributed by atoms with Crippen LogP contribution in [-0.2, 0) is 20.7 Å². The van der Waals surface area contributed by atoms with Crippen LogP contribution < -0.4 is 14.4 Å². The lowest BCUT2D eigenvalue weighted by atomic mass is 9.94. The molecular formula is C29H26N2O8S. The molecule has 2 N–H and O–H groups in total. The van der Waals surface area contributed by atoms with E-state index in [1.165, 1.54) is 31.4 Å². The standard InChI is InChI=1S/C29H26N2O8S/c1-5-10-38-28(36)26-15(3)30-29(40-26)31-23(16-6-8-19(32)21(13-16)37-4)22(25(34)27(31)35)24(33)17-7-9-20-18(12-17)11-14(2)39-20/h5-9,12-14,23,32-33H,1,10-11H2,2-4H3. The summed E-state index contributed by atoms with van der Waals surface area (Å²) in [6.45, 7) is 7.04. The molecule has 2 aliphatic heterocycles. The number of aromatic nitrogens is 1. The summed E-state index contributed by atoms with van der Waals surface area (Å²) >= 11 is 0.890. The number of fused-ring (bicyclic) bond motifs is 1. The average molecular weight is 563 g/mol. The minimum Gasteiger partial charge on any atom is -0.507 e. The number of ether oxygens (including phenoxy) is 3. The zero-order valence-electron chi connectivity index (χ0n) is 22.0. The summed E-state index contributed by atoms with van der Waals surface area (Å²) in [7, 11) is 1.37. The van der Waals surface area contributed by atoms with Crippen LogP contribution in [0.5, 0.6) is 17.2 Å². The van der Waals surface area contributed by atoms with E-state index in [9.17, 15) is 24.6 Å². The molecule has 0 bridgehead atoms. The third-order valence-electron chi connectivity index (χ3n) is 6.64. The van der Waals surface area contributed by atoms with Crippen LogP contribution in [0, 0.1) is 6.92 Å². The molecule has 10 nitrogen and oxygen atoms in total. The summed E-state index contributed by atoms with van der Waals surface area (Å²) in [6.07, 6.45) is 2.03. The monoisotopic (exact) mass is 562 g/mol. The van der Waals surface area contributed by atoms with Gasteiger partial charge in [0, 0.05) is 12.0 Å². The van der Waals surface area contributed by atoms with Crippen molar-refractivity contribution in [3.05, 3.63) is 81.9 Å². The number of amides is 1. The van der Waals surface area contributed by atoms with Crippen molar-refractivity contribution >= 4 is 39.9 Å². The van der Waals surface area contributed by atoms with E-state index < -0.39 is 23.7 Å². The highest BCUT2D eigenvalue weighted by atomic mass is 32.1. The SMILES string of the molecule is C=CCOC(=O)c1sc(N2C(=O)C(=O)C(=C(O)c3ccc4c(c3)CC(C)O4)C2c2ccc(O)c(OC)c2)nc1C. The van der Waals surface area contributed by atoms with Gasteiger partial charge in [0.15, 0.2) is 16.6 Å². The molecular weight excluding hydrogens is 536 g/mol. The number of thiazole rings is 1. The predicted molar refractivity (Wildman–Crippen MR) is 147 cm³/mol. The van der Waals surface area contributed by atoms with Crippen LogP contribution in [0.2, 0.25) is 0 Å². The third kappa shape index (κ3) is 4.58. The van der Waals surface area contributed by atoms with Crippen LogP contribution in [0.3, 0.4) is 0 Å². The molecule has 0 aliphatic carbocycles. The van der Waals surface area contributed by atoms with Crippen molar-refractivity contribution < 1.29 is 38.8 Å². The van der Waals surface area contributed by atoms with Crippen molar-refractivity contribution in [1.82, 2.24) is 4.98 Å².